The quantitative estimate of drug-likeness (QED) is 0.843. The molecule has 1 rings (SSSR count). The van der Waals surface area contributed by atoms with E-state index in [-0.39, 0.29) is 6.61 Å². The van der Waals surface area contributed by atoms with Gasteiger partial charge in [-0.25, -0.2) is 4.98 Å². The van der Waals surface area contributed by atoms with E-state index in [0.717, 1.165) is 30.0 Å². The van der Waals surface area contributed by atoms with Gasteiger partial charge in [-0.15, -0.1) is 0 Å². The first-order valence-corrected chi connectivity index (χ1v) is 6.75. The molecule has 0 fully saturated rings. The van der Waals surface area contributed by atoms with Crippen LogP contribution in [0.1, 0.15) is 38.8 Å². The van der Waals surface area contributed by atoms with Crippen molar-refractivity contribution in [2.24, 2.45) is 11.8 Å². The molecule has 1 N–H and O–H groups in total. The molecule has 0 radical (unpaired) electrons. The highest BCUT2D eigenvalue weighted by Crippen LogP contribution is 2.20. The fourth-order valence-corrected chi connectivity index (χ4v) is 2.17. The molecule has 3 heteroatoms. The van der Waals surface area contributed by atoms with Crippen molar-refractivity contribution in [1.82, 2.24) is 4.98 Å². The van der Waals surface area contributed by atoms with E-state index in [4.69, 9.17) is 5.11 Å². The Hall–Kier alpha value is -1.09. The fraction of sp³-hybridized carbons (Fsp3) is 0.667. The Kier molecular flexibility index (Phi) is 5.60. The van der Waals surface area contributed by atoms with E-state index in [1.807, 2.05) is 6.07 Å². The topological polar surface area (TPSA) is 36.4 Å². The van der Waals surface area contributed by atoms with Crippen LogP contribution in [0.5, 0.6) is 0 Å². The third-order valence-electron chi connectivity index (χ3n) is 2.76. The Labute approximate surface area is 111 Å². The zero-order valence-electron chi connectivity index (χ0n) is 12.3. The first-order chi connectivity index (χ1) is 8.43. The lowest BCUT2D eigenvalue weighted by Gasteiger charge is -2.28. The van der Waals surface area contributed by atoms with Crippen molar-refractivity contribution in [3.63, 3.8) is 0 Å². The molecule has 0 aliphatic carbocycles. The van der Waals surface area contributed by atoms with Crippen molar-refractivity contribution < 1.29 is 5.11 Å². The molecule has 0 saturated heterocycles. The number of aromatic nitrogens is 1. The van der Waals surface area contributed by atoms with Crippen LogP contribution in [0.2, 0.25) is 0 Å². The minimum atomic E-state index is 0.0580. The molecule has 0 atom stereocenters. The summed E-state index contributed by atoms with van der Waals surface area (Å²) in [5, 5.41) is 9.13. The van der Waals surface area contributed by atoms with Crippen LogP contribution in [-0.4, -0.2) is 23.2 Å². The van der Waals surface area contributed by atoms with Gasteiger partial charge in [-0.05, 0) is 36.0 Å². The molecule has 0 aliphatic heterocycles. The average Bonchev–Trinajstić information content (AvgIpc) is 2.26. The number of aliphatic hydroxyl groups is 1. The summed E-state index contributed by atoms with van der Waals surface area (Å²) >= 11 is 0. The second kappa shape index (κ2) is 6.74. The zero-order valence-corrected chi connectivity index (χ0v) is 12.3. The van der Waals surface area contributed by atoms with Crippen LogP contribution < -0.4 is 4.90 Å². The van der Waals surface area contributed by atoms with E-state index in [0.29, 0.717) is 11.8 Å². The molecule has 1 aromatic heterocycles. The predicted molar refractivity (Wildman–Crippen MR) is 76.8 cm³/mol. The number of nitrogens with zero attached hydrogens (tertiary/aromatic N) is 2. The minimum absolute atomic E-state index is 0.0580. The summed E-state index contributed by atoms with van der Waals surface area (Å²) in [5.74, 6) is 2.28. The molecule has 0 aromatic carbocycles. The Bertz CT molecular complexity index is 365. The molecule has 0 unspecified atom stereocenters. The van der Waals surface area contributed by atoms with E-state index in [9.17, 15) is 0 Å². The molecule has 1 aromatic rings. The van der Waals surface area contributed by atoms with Crippen molar-refractivity contribution in [3.8, 4) is 0 Å². The van der Waals surface area contributed by atoms with Crippen LogP contribution in [-0.2, 0) is 6.61 Å². The van der Waals surface area contributed by atoms with Crippen LogP contribution in [0.15, 0.2) is 12.3 Å². The molecule has 18 heavy (non-hydrogen) atoms. The highest BCUT2D eigenvalue weighted by Gasteiger charge is 2.14. The number of hydrogen-bond donors (Lipinski definition) is 1. The Morgan fingerprint density at radius 3 is 2.11 bits per heavy atom. The lowest BCUT2D eigenvalue weighted by atomic mass is 10.1. The summed E-state index contributed by atoms with van der Waals surface area (Å²) in [6.07, 6.45) is 1.77. The van der Waals surface area contributed by atoms with Crippen molar-refractivity contribution >= 4 is 5.82 Å². The highest BCUT2D eigenvalue weighted by atomic mass is 16.3. The lowest BCUT2D eigenvalue weighted by Crippen LogP contribution is -2.32. The second-order valence-electron chi connectivity index (χ2n) is 5.83. The number of rotatable bonds is 6. The van der Waals surface area contributed by atoms with Gasteiger partial charge in [0.1, 0.15) is 5.82 Å². The van der Waals surface area contributed by atoms with Gasteiger partial charge >= 0.3 is 0 Å². The van der Waals surface area contributed by atoms with Crippen molar-refractivity contribution in [3.05, 3.63) is 23.4 Å². The van der Waals surface area contributed by atoms with Crippen molar-refractivity contribution in [2.45, 2.75) is 41.2 Å². The van der Waals surface area contributed by atoms with Gasteiger partial charge in [0.15, 0.2) is 0 Å². The molecular weight excluding hydrogens is 224 g/mol. The first kappa shape index (κ1) is 15.0. The van der Waals surface area contributed by atoms with Crippen LogP contribution in [0, 0.1) is 18.8 Å². The van der Waals surface area contributed by atoms with E-state index in [1.54, 1.807) is 6.20 Å². The number of pyridine rings is 1. The van der Waals surface area contributed by atoms with E-state index >= 15 is 0 Å². The van der Waals surface area contributed by atoms with Gasteiger partial charge in [-0.1, -0.05) is 27.7 Å². The normalized spacial score (nSPS) is 11.3. The largest absolute Gasteiger partial charge is 0.392 e. The van der Waals surface area contributed by atoms with Crippen molar-refractivity contribution in [1.29, 1.82) is 0 Å². The molecule has 0 saturated carbocycles. The van der Waals surface area contributed by atoms with Gasteiger partial charge in [-0.2, -0.15) is 0 Å². The van der Waals surface area contributed by atoms with Gasteiger partial charge in [0.2, 0.25) is 0 Å². The third kappa shape index (κ3) is 4.30. The molecular formula is C15H26N2O. The van der Waals surface area contributed by atoms with E-state index in [2.05, 4.69) is 44.5 Å². The second-order valence-corrected chi connectivity index (χ2v) is 5.83. The number of aryl methyl sites for hydroxylation is 1. The minimum Gasteiger partial charge on any atom is -0.392 e. The molecule has 0 aliphatic rings. The zero-order chi connectivity index (χ0) is 13.7. The SMILES string of the molecule is Cc1cc(CO)cnc1N(CC(C)C)CC(C)C. The molecule has 0 amide bonds. The van der Waals surface area contributed by atoms with Crippen LogP contribution >= 0.6 is 0 Å². The maximum absolute atomic E-state index is 9.13. The Morgan fingerprint density at radius 2 is 1.72 bits per heavy atom. The summed E-state index contributed by atoms with van der Waals surface area (Å²) in [7, 11) is 0. The van der Waals surface area contributed by atoms with Gasteiger partial charge < -0.3 is 10.0 Å². The van der Waals surface area contributed by atoms with E-state index in [1.165, 1.54) is 0 Å². The molecule has 0 spiro atoms. The smallest absolute Gasteiger partial charge is 0.131 e. The van der Waals surface area contributed by atoms with Crippen molar-refractivity contribution in [2.75, 3.05) is 18.0 Å². The third-order valence-corrected chi connectivity index (χ3v) is 2.76. The summed E-state index contributed by atoms with van der Waals surface area (Å²) in [6, 6.07) is 2.02. The van der Waals surface area contributed by atoms with Gasteiger partial charge in [-0.3, -0.25) is 0 Å². The number of aliphatic hydroxyl groups excluding tert-OH is 1. The van der Waals surface area contributed by atoms with E-state index < -0.39 is 0 Å². The standard InChI is InChI=1S/C15H26N2O/c1-11(2)8-17(9-12(3)4)15-13(5)6-14(10-18)7-16-15/h6-7,11-12,18H,8-10H2,1-5H3. The van der Waals surface area contributed by atoms with Crippen LogP contribution in [0.4, 0.5) is 5.82 Å². The van der Waals surface area contributed by atoms with Gasteiger partial charge in [0.05, 0.1) is 6.61 Å². The molecule has 0 bridgehead atoms. The lowest BCUT2D eigenvalue weighted by molar-refractivity contribution is 0.281. The summed E-state index contributed by atoms with van der Waals surface area (Å²) in [4.78, 5) is 6.87. The Morgan fingerprint density at radius 1 is 1.17 bits per heavy atom. The summed E-state index contributed by atoms with van der Waals surface area (Å²) in [5.41, 5.74) is 2.02. The molecule has 102 valence electrons. The number of hydrogen-bond acceptors (Lipinski definition) is 3. The van der Waals surface area contributed by atoms with Crippen LogP contribution in [0.25, 0.3) is 0 Å². The summed E-state index contributed by atoms with van der Waals surface area (Å²) in [6.45, 7) is 13.1. The maximum Gasteiger partial charge on any atom is 0.131 e. The first-order valence-electron chi connectivity index (χ1n) is 6.75. The molecule has 3 nitrogen and oxygen atoms in total. The van der Waals surface area contributed by atoms with Gasteiger partial charge in [0, 0.05) is 19.3 Å². The summed E-state index contributed by atoms with van der Waals surface area (Å²) < 4.78 is 0. The highest BCUT2D eigenvalue weighted by molar-refractivity contribution is 5.47. The number of anilines is 1. The fourth-order valence-electron chi connectivity index (χ4n) is 2.17. The Balaban J connectivity index is 2.96. The monoisotopic (exact) mass is 250 g/mol. The predicted octanol–water partition coefficient (Wildman–Crippen LogP) is 3.00. The van der Waals surface area contributed by atoms with Gasteiger partial charge in [0.25, 0.3) is 0 Å². The average molecular weight is 250 g/mol. The maximum atomic E-state index is 9.13. The molecule has 1 heterocycles. The van der Waals surface area contributed by atoms with Crippen LogP contribution in [0.3, 0.4) is 0 Å².